The van der Waals surface area contributed by atoms with E-state index in [0.29, 0.717) is 0 Å². The lowest BCUT2D eigenvalue weighted by atomic mass is 9.94. The molecule has 0 aliphatic carbocycles. The van der Waals surface area contributed by atoms with E-state index < -0.39 is 11.5 Å². The van der Waals surface area contributed by atoms with Crippen LogP contribution < -0.4 is 0 Å². The first-order valence-electron chi connectivity index (χ1n) is 6.72. The minimum Gasteiger partial charge on any atom is -0.460 e. The van der Waals surface area contributed by atoms with Crippen molar-refractivity contribution in [2.75, 3.05) is 0 Å². The van der Waals surface area contributed by atoms with Gasteiger partial charge >= 0.3 is 5.97 Å². The van der Waals surface area contributed by atoms with Gasteiger partial charge in [0.1, 0.15) is 11.4 Å². The number of hydrogen-bond donors (Lipinski definition) is 0. The Hall–Kier alpha value is -0.900. The van der Waals surface area contributed by atoms with Crippen LogP contribution in [-0.2, 0) is 19.1 Å². The van der Waals surface area contributed by atoms with Crippen molar-refractivity contribution >= 4 is 11.8 Å². The minimum atomic E-state index is -0.535. The van der Waals surface area contributed by atoms with Crippen molar-refractivity contribution in [1.29, 1.82) is 0 Å². The highest BCUT2D eigenvalue weighted by molar-refractivity contribution is 5.84. The van der Waals surface area contributed by atoms with Crippen LogP contribution in [-0.4, -0.2) is 29.1 Å². The summed E-state index contributed by atoms with van der Waals surface area (Å²) in [7, 11) is 0. The van der Waals surface area contributed by atoms with E-state index in [4.69, 9.17) is 9.47 Å². The Kier molecular flexibility index (Phi) is 6.20. The maximum atomic E-state index is 11.8. The van der Waals surface area contributed by atoms with E-state index in [1.165, 1.54) is 6.92 Å². The lowest BCUT2D eigenvalue weighted by Crippen LogP contribution is -2.36. The maximum Gasteiger partial charge on any atom is 0.307 e. The molecule has 112 valence electrons. The number of carbonyl (C=O) groups is 2. The third-order valence-corrected chi connectivity index (χ3v) is 2.43. The topological polar surface area (TPSA) is 52.6 Å². The number of carbonyl (C=O) groups excluding carboxylic acids is 2. The highest BCUT2D eigenvalue weighted by Gasteiger charge is 2.30. The summed E-state index contributed by atoms with van der Waals surface area (Å²) in [4.78, 5) is 23.5. The third kappa shape index (κ3) is 8.76. The second-order valence-electron chi connectivity index (χ2n) is 6.94. The van der Waals surface area contributed by atoms with Crippen molar-refractivity contribution < 1.29 is 19.1 Å². The van der Waals surface area contributed by atoms with E-state index in [-0.39, 0.29) is 29.9 Å². The molecule has 2 atom stereocenters. The Morgan fingerprint density at radius 3 is 1.79 bits per heavy atom. The first-order valence-corrected chi connectivity index (χ1v) is 6.72. The van der Waals surface area contributed by atoms with Gasteiger partial charge in [-0.1, -0.05) is 0 Å². The fraction of sp³-hybridized carbons (Fsp3) is 0.867. The number of ether oxygens (including phenoxy) is 2. The summed E-state index contributed by atoms with van der Waals surface area (Å²) in [5.41, 5.74) is -0.881. The minimum absolute atomic E-state index is 0.0531. The van der Waals surface area contributed by atoms with Gasteiger partial charge < -0.3 is 9.47 Å². The zero-order valence-electron chi connectivity index (χ0n) is 13.5. The fourth-order valence-corrected chi connectivity index (χ4v) is 1.84. The average molecular weight is 272 g/mol. The molecule has 4 heteroatoms. The lowest BCUT2D eigenvalue weighted by molar-refractivity contribution is -0.161. The van der Waals surface area contributed by atoms with E-state index in [1.54, 1.807) is 0 Å². The van der Waals surface area contributed by atoms with Gasteiger partial charge in [0.2, 0.25) is 0 Å². The molecule has 0 rings (SSSR count). The van der Waals surface area contributed by atoms with Crippen LogP contribution in [0.4, 0.5) is 0 Å². The Balaban J connectivity index is 4.67. The summed E-state index contributed by atoms with van der Waals surface area (Å²) in [6.07, 6.45) is -0.255. The molecule has 0 aliphatic rings. The largest absolute Gasteiger partial charge is 0.460 e. The molecular weight excluding hydrogens is 244 g/mol. The van der Waals surface area contributed by atoms with E-state index in [0.717, 1.165) is 0 Å². The smallest absolute Gasteiger partial charge is 0.307 e. The van der Waals surface area contributed by atoms with Crippen LogP contribution in [0.5, 0.6) is 0 Å². The molecule has 0 aromatic rings. The van der Waals surface area contributed by atoms with E-state index >= 15 is 0 Å². The number of hydrogen-bond acceptors (Lipinski definition) is 4. The van der Waals surface area contributed by atoms with E-state index in [9.17, 15) is 9.59 Å². The molecule has 0 aromatic carbocycles. The second kappa shape index (κ2) is 6.51. The lowest BCUT2D eigenvalue weighted by Gasteiger charge is -2.30. The summed E-state index contributed by atoms with van der Waals surface area (Å²) >= 11 is 0. The predicted octanol–water partition coefficient (Wildman–Crippen LogP) is 3.13. The quantitative estimate of drug-likeness (QED) is 0.721. The first kappa shape index (κ1) is 18.1. The molecule has 0 saturated heterocycles. The summed E-state index contributed by atoms with van der Waals surface area (Å²) in [6.45, 7) is 14.5. The monoisotopic (exact) mass is 272 g/mol. The first-order chi connectivity index (χ1) is 8.32. The normalized spacial score (nSPS) is 15.8. The molecule has 19 heavy (non-hydrogen) atoms. The summed E-state index contributed by atoms with van der Waals surface area (Å²) in [5.74, 6) is -0.881. The molecular formula is C15H28O4. The van der Waals surface area contributed by atoms with Crippen molar-refractivity contribution in [3.63, 3.8) is 0 Å². The van der Waals surface area contributed by atoms with Crippen LogP contribution in [0.15, 0.2) is 0 Å². The molecule has 0 N–H and O–H groups in total. The molecule has 2 unspecified atom stereocenters. The number of esters is 1. The van der Waals surface area contributed by atoms with Gasteiger partial charge in [0.05, 0.1) is 24.0 Å². The summed E-state index contributed by atoms with van der Waals surface area (Å²) < 4.78 is 11.0. The van der Waals surface area contributed by atoms with Crippen LogP contribution >= 0.6 is 0 Å². The van der Waals surface area contributed by atoms with Gasteiger partial charge in [-0.15, -0.1) is 0 Å². The van der Waals surface area contributed by atoms with E-state index in [1.807, 2.05) is 48.5 Å². The third-order valence-electron chi connectivity index (χ3n) is 2.43. The number of rotatable bonds is 5. The fourth-order valence-electron chi connectivity index (χ4n) is 1.84. The van der Waals surface area contributed by atoms with Crippen LogP contribution in [0.3, 0.4) is 0 Å². The SMILES string of the molecule is CC(=O)C(CC(=O)OC(C)(C)C)C(C)OC(C)(C)C. The highest BCUT2D eigenvalue weighted by atomic mass is 16.6. The Labute approximate surface area is 116 Å². The maximum absolute atomic E-state index is 11.8. The van der Waals surface area contributed by atoms with Crippen molar-refractivity contribution in [2.24, 2.45) is 5.92 Å². The molecule has 4 nitrogen and oxygen atoms in total. The van der Waals surface area contributed by atoms with Gasteiger partial charge in [0, 0.05) is 0 Å². The molecule has 0 radical (unpaired) electrons. The summed E-state index contributed by atoms with van der Waals surface area (Å²) in [6, 6.07) is 0. The molecule has 0 saturated carbocycles. The molecule has 0 heterocycles. The molecule has 0 aliphatic heterocycles. The molecule has 0 spiro atoms. The van der Waals surface area contributed by atoms with Crippen LogP contribution in [0.1, 0.15) is 61.8 Å². The van der Waals surface area contributed by atoms with Crippen molar-refractivity contribution in [2.45, 2.75) is 79.1 Å². The average Bonchev–Trinajstić information content (AvgIpc) is 2.07. The van der Waals surface area contributed by atoms with Gasteiger partial charge in [-0.3, -0.25) is 9.59 Å². The zero-order valence-corrected chi connectivity index (χ0v) is 13.5. The molecule has 0 fully saturated rings. The van der Waals surface area contributed by atoms with Gasteiger partial charge in [-0.05, 0) is 55.4 Å². The predicted molar refractivity (Wildman–Crippen MR) is 74.9 cm³/mol. The number of ketones is 1. The molecule has 0 aromatic heterocycles. The Morgan fingerprint density at radius 2 is 1.47 bits per heavy atom. The molecule has 0 bridgehead atoms. The van der Waals surface area contributed by atoms with Gasteiger partial charge in [-0.2, -0.15) is 0 Å². The van der Waals surface area contributed by atoms with E-state index in [2.05, 4.69) is 0 Å². The van der Waals surface area contributed by atoms with Crippen LogP contribution in [0.25, 0.3) is 0 Å². The highest BCUT2D eigenvalue weighted by Crippen LogP contribution is 2.21. The van der Waals surface area contributed by atoms with Crippen LogP contribution in [0, 0.1) is 5.92 Å². The Morgan fingerprint density at radius 1 is 1.00 bits per heavy atom. The van der Waals surface area contributed by atoms with Gasteiger partial charge in [-0.25, -0.2) is 0 Å². The van der Waals surface area contributed by atoms with Crippen molar-refractivity contribution in [3.05, 3.63) is 0 Å². The Bertz CT molecular complexity index is 320. The zero-order chi connectivity index (χ0) is 15.4. The van der Waals surface area contributed by atoms with Crippen molar-refractivity contribution in [3.8, 4) is 0 Å². The number of Topliss-reactive ketones (excluding diaryl/α,β-unsaturated/α-hetero) is 1. The standard InChI is InChI=1S/C15H28O4/c1-10(16)12(11(2)18-14(3,4)5)9-13(17)19-15(6,7)8/h11-12H,9H2,1-8H3. The molecule has 0 amide bonds. The van der Waals surface area contributed by atoms with Gasteiger partial charge in [0.15, 0.2) is 0 Å². The second-order valence-corrected chi connectivity index (χ2v) is 6.94. The van der Waals surface area contributed by atoms with Crippen molar-refractivity contribution in [1.82, 2.24) is 0 Å². The summed E-state index contributed by atoms with van der Waals surface area (Å²) in [5, 5.41) is 0. The van der Waals surface area contributed by atoms with Crippen LogP contribution in [0.2, 0.25) is 0 Å². The van der Waals surface area contributed by atoms with Gasteiger partial charge in [0.25, 0.3) is 0 Å².